The summed E-state index contributed by atoms with van der Waals surface area (Å²) in [4.78, 5) is 23.2. The van der Waals surface area contributed by atoms with Gasteiger partial charge in [0.1, 0.15) is 5.60 Å². The van der Waals surface area contributed by atoms with Crippen LogP contribution in [0.1, 0.15) is 31.1 Å². The number of halogens is 2. The van der Waals surface area contributed by atoms with Crippen molar-refractivity contribution in [3.05, 3.63) is 33.3 Å². The Morgan fingerprint density at radius 2 is 1.94 bits per heavy atom. The fourth-order valence-electron chi connectivity index (χ4n) is 1.14. The van der Waals surface area contributed by atoms with Gasteiger partial charge in [-0.05, 0) is 54.9 Å². The SMILES string of the molecule is CC(C)(C)OC(=O)NC(=O)c1ccc(Cl)cc1Br. The number of alkyl carbamates (subject to hydrolysis) is 1. The van der Waals surface area contributed by atoms with E-state index >= 15 is 0 Å². The second kappa shape index (κ2) is 5.71. The van der Waals surface area contributed by atoms with Crippen LogP contribution in [0.5, 0.6) is 0 Å². The molecule has 1 rings (SSSR count). The average Bonchev–Trinajstić information content (AvgIpc) is 2.13. The average molecular weight is 335 g/mol. The third-order valence-electron chi connectivity index (χ3n) is 1.79. The van der Waals surface area contributed by atoms with E-state index in [4.69, 9.17) is 16.3 Å². The molecular weight excluding hydrogens is 321 g/mol. The highest BCUT2D eigenvalue weighted by molar-refractivity contribution is 9.10. The van der Waals surface area contributed by atoms with Gasteiger partial charge in [0.2, 0.25) is 0 Å². The van der Waals surface area contributed by atoms with Crippen LogP contribution in [0, 0.1) is 0 Å². The molecule has 1 aromatic rings. The Balaban J connectivity index is 2.74. The van der Waals surface area contributed by atoms with Crippen LogP contribution < -0.4 is 5.32 Å². The molecule has 0 saturated carbocycles. The van der Waals surface area contributed by atoms with Gasteiger partial charge >= 0.3 is 6.09 Å². The summed E-state index contributed by atoms with van der Waals surface area (Å²) in [5.74, 6) is -0.548. The van der Waals surface area contributed by atoms with Crippen LogP contribution in [0.25, 0.3) is 0 Å². The number of amides is 2. The number of ether oxygens (including phenoxy) is 1. The smallest absolute Gasteiger partial charge is 0.414 e. The lowest BCUT2D eigenvalue weighted by molar-refractivity contribution is 0.0508. The van der Waals surface area contributed by atoms with Crippen molar-refractivity contribution in [1.82, 2.24) is 5.32 Å². The van der Waals surface area contributed by atoms with Crippen molar-refractivity contribution in [2.75, 3.05) is 0 Å². The van der Waals surface area contributed by atoms with E-state index in [2.05, 4.69) is 21.2 Å². The van der Waals surface area contributed by atoms with Crippen molar-refractivity contribution in [2.45, 2.75) is 26.4 Å². The molecule has 1 aromatic carbocycles. The lowest BCUT2D eigenvalue weighted by Gasteiger charge is -2.19. The summed E-state index contributed by atoms with van der Waals surface area (Å²) < 4.78 is 5.49. The quantitative estimate of drug-likeness (QED) is 0.850. The molecule has 0 aliphatic heterocycles. The Morgan fingerprint density at radius 3 is 2.44 bits per heavy atom. The molecule has 0 unspecified atom stereocenters. The van der Waals surface area contributed by atoms with Crippen LogP contribution in [0.2, 0.25) is 5.02 Å². The molecule has 0 saturated heterocycles. The molecule has 0 atom stereocenters. The van der Waals surface area contributed by atoms with Crippen molar-refractivity contribution in [2.24, 2.45) is 0 Å². The first-order valence-electron chi connectivity index (χ1n) is 5.18. The molecule has 0 heterocycles. The van der Waals surface area contributed by atoms with Gasteiger partial charge in [0, 0.05) is 9.50 Å². The zero-order valence-corrected chi connectivity index (χ0v) is 12.6. The predicted molar refractivity (Wildman–Crippen MR) is 72.9 cm³/mol. The third-order valence-corrected chi connectivity index (χ3v) is 2.68. The van der Waals surface area contributed by atoms with Crippen LogP contribution in [0.3, 0.4) is 0 Å². The molecule has 98 valence electrons. The molecule has 0 fully saturated rings. The van der Waals surface area contributed by atoms with E-state index in [1.54, 1.807) is 32.9 Å². The highest BCUT2D eigenvalue weighted by Gasteiger charge is 2.19. The molecule has 0 aliphatic rings. The minimum absolute atomic E-state index is 0.310. The molecule has 0 spiro atoms. The summed E-state index contributed by atoms with van der Waals surface area (Å²) in [6.45, 7) is 5.15. The Hall–Kier alpha value is -1.07. The maximum Gasteiger partial charge on any atom is 0.414 e. The molecule has 0 aliphatic carbocycles. The minimum Gasteiger partial charge on any atom is -0.444 e. The number of benzene rings is 1. The zero-order chi connectivity index (χ0) is 13.9. The number of nitrogens with one attached hydrogen (secondary N) is 1. The molecule has 1 N–H and O–H groups in total. The first kappa shape index (κ1) is 15.0. The summed E-state index contributed by atoms with van der Waals surface area (Å²) in [5.41, 5.74) is -0.341. The Kier molecular flexibility index (Phi) is 4.76. The van der Waals surface area contributed by atoms with Crippen LogP contribution in [-0.2, 0) is 4.74 Å². The van der Waals surface area contributed by atoms with Crippen LogP contribution in [0.4, 0.5) is 4.79 Å². The number of rotatable bonds is 1. The number of carbonyl (C=O) groups is 2. The molecule has 0 radical (unpaired) electrons. The van der Waals surface area contributed by atoms with Gasteiger partial charge in [-0.2, -0.15) is 0 Å². The van der Waals surface area contributed by atoms with Crippen molar-refractivity contribution >= 4 is 39.5 Å². The summed E-state index contributed by atoms with van der Waals surface area (Å²) in [5, 5.41) is 2.64. The molecule has 0 bridgehead atoms. The first-order valence-corrected chi connectivity index (χ1v) is 6.35. The van der Waals surface area contributed by atoms with Crippen molar-refractivity contribution in [3.8, 4) is 0 Å². The summed E-state index contributed by atoms with van der Waals surface area (Å²) >= 11 is 8.96. The summed E-state index contributed by atoms with van der Waals surface area (Å²) in [7, 11) is 0. The lowest BCUT2D eigenvalue weighted by atomic mass is 10.2. The van der Waals surface area contributed by atoms with Gasteiger partial charge in [-0.25, -0.2) is 4.79 Å². The maximum absolute atomic E-state index is 11.8. The van der Waals surface area contributed by atoms with E-state index in [0.717, 1.165) is 0 Å². The van der Waals surface area contributed by atoms with Gasteiger partial charge in [0.15, 0.2) is 0 Å². The van der Waals surface area contributed by atoms with Gasteiger partial charge in [0.25, 0.3) is 5.91 Å². The second-order valence-corrected chi connectivity index (χ2v) is 5.87. The monoisotopic (exact) mass is 333 g/mol. The Labute approximate surface area is 119 Å². The Bertz CT molecular complexity index is 483. The summed E-state index contributed by atoms with van der Waals surface area (Å²) in [6, 6.07) is 4.66. The fraction of sp³-hybridized carbons (Fsp3) is 0.333. The Morgan fingerprint density at radius 1 is 1.33 bits per heavy atom. The number of imide groups is 1. The van der Waals surface area contributed by atoms with Gasteiger partial charge in [0.05, 0.1) is 5.56 Å². The molecule has 2 amide bonds. The van der Waals surface area contributed by atoms with E-state index in [-0.39, 0.29) is 0 Å². The minimum atomic E-state index is -0.783. The molecule has 0 aromatic heterocycles. The van der Waals surface area contributed by atoms with Crippen LogP contribution in [0.15, 0.2) is 22.7 Å². The largest absolute Gasteiger partial charge is 0.444 e. The topological polar surface area (TPSA) is 55.4 Å². The first-order chi connectivity index (χ1) is 8.19. The second-order valence-electron chi connectivity index (χ2n) is 4.58. The molecule has 6 heteroatoms. The van der Waals surface area contributed by atoms with Crippen molar-refractivity contribution in [1.29, 1.82) is 0 Å². The van der Waals surface area contributed by atoms with Gasteiger partial charge in [-0.1, -0.05) is 11.6 Å². The van der Waals surface area contributed by atoms with Crippen molar-refractivity contribution < 1.29 is 14.3 Å². The predicted octanol–water partition coefficient (Wildman–Crippen LogP) is 3.77. The lowest BCUT2D eigenvalue weighted by Crippen LogP contribution is -2.36. The molecule has 18 heavy (non-hydrogen) atoms. The maximum atomic E-state index is 11.8. The van der Waals surface area contributed by atoms with E-state index in [1.165, 1.54) is 6.07 Å². The third kappa shape index (κ3) is 4.66. The van der Waals surface area contributed by atoms with Crippen LogP contribution >= 0.6 is 27.5 Å². The number of hydrogen-bond donors (Lipinski definition) is 1. The van der Waals surface area contributed by atoms with E-state index in [0.29, 0.717) is 15.1 Å². The molecule has 4 nitrogen and oxygen atoms in total. The standard InChI is InChI=1S/C12H13BrClNO3/c1-12(2,3)18-11(17)15-10(16)8-5-4-7(14)6-9(8)13/h4-6H,1-3H3,(H,15,16,17). The number of carbonyl (C=O) groups excluding carboxylic acids is 2. The van der Waals surface area contributed by atoms with E-state index in [1.807, 2.05) is 0 Å². The van der Waals surface area contributed by atoms with Gasteiger partial charge in [-0.3, -0.25) is 10.1 Å². The normalized spacial score (nSPS) is 10.9. The van der Waals surface area contributed by atoms with E-state index in [9.17, 15) is 9.59 Å². The van der Waals surface area contributed by atoms with Crippen LogP contribution in [-0.4, -0.2) is 17.6 Å². The summed E-state index contributed by atoms with van der Waals surface area (Å²) in [6.07, 6.45) is -0.783. The zero-order valence-electron chi connectivity index (χ0n) is 10.2. The highest BCUT2D eigenvalue weighted by atomic mass is 79.9. The number of hydrogen-bond acceptors (Lipinski definition) is 3. The highest BCUT2D eigenvalue weighted by Crippen LogP contribution is 2.21. The fourth-order valence-corrected chi connectivity index (χ4v) is 2.00. The van der Waals surface area contributed by atoms with Crippen molar-refractivity contribution in [3.63, 3.8) is 0 Å². The molecular formula is C12H13BrClNO3. The van der Waals surface area contributed by atoms with E-state index < -0.39 is 17.6 Å². The van der Waals surface area contributed by atoms with Gasteiger partial charge < -0.3 is 4.74 Å². The van der Waals surface area contributed by atoms with Gasteiger partial charge in [-0.15, -0.1) is 0 Å².